The molecule has 0 aromatic heterocycles. The summed E-state index contributed by atoms with van der Waals surface area (Å²) in [6.45, 7) is 2.24. The van der Waals surface area contributed by atoms with E-state index in [0.717, 1.165) is 5.56 Å². The quantitative estimate of drug-likeness (QED) is 0.686. The van der Waals surface area contributed by atoms with E-state index < -0.39 is 20.0 Å². The zero-order chi connectivity index (χ0) is 20.5. The normalized spacial score (nSPS) is 17.0. The lowest BCUT2D eigenvalue weighted by atomic mass is 10.2. The molecule has 0 radical (unpaired) electrons. The topological polar surface area (TPSA) is 101 Å². The van der Waals surface area contributed by atoms with Crippen LogP contribution in [0.1, 0.15) is 5.56 Å². The van der Waals surface area contributed by atoms with Gasteiger partial charge in [0.2, 0.25) is 20.0 Å². The molecule has 0 unspecified atom stereocenters. The fourth-order valence-electron chi connectivity index (χ4n) is 2.97. The summed E-state index contributed by atoms with van der Waals surface area (Å²) in [5, 5.41) is 5.04. The summed E-state index contributed by atoms with van der Waals surface area (Å²) in [5.41, 5.74) is 0.927. The van der Waals surface area contributed by atoms with Crippen molar-refractivity contribution < 1.29 is 21.2 Å². The van der Waals surface area contributed by atoms with Crippen LogP contribution in [-0.4, -0.2) is 52.2 Å². The van der Waals surface area contributed by atoms with Crippen LogP contribution < -0.4 is 5.14 Å². The number of hydrogen-bond acceptors (Lipinski definition) is 5. The van der Waals surface area contributed by atoms with Gasteiger partial charge in [0, 0.05) is 37.2 Å². The molecule has 0 atom stereocenters. The number of sulfonamides is 2. The maximum Gasteiger partial charge on any atom is 0.243 e. The van der Waals surface area contributed by atoms with Crippen LogP contribution >= 0.6 is 15.9 Å². The molecule has 0 spiro atoms. The first-order valence-electron chi connectivity index (χ1n) is 8.37. The number of hydrogen-bond donors (Lipinski definition) is 1. The van der Waals surface area contributed by atoms with Crippen LogP contribution in [-0.2, 0) is 26.6 Å². The van der Waals surface area contributed by atoms with E-state index in [1.807, 2.05) is 0 Å². The zero-order valence-corrected chi connectivity index (χ0v) is 18.0. The summed E-state index contributed by atoms with van der Waals surface area (Å²) in [6, 6.07) is 9.37. The third kappa shape index (κ3) is 4.78. The SMILES string of the molecule is NS(=O)(=O)c1ccc(S(=O)(=O)N2CCN(Cc3ccc(F)cc3Br)CC2)cc1. The highest BCUT2D eigenvalue weighted by Gasteiger charge is 2.29. The Morgan fingerprint density at radius 3 is 2.04 bits per heavy atom. The summed E-state index contributed by atoms with van der Waals surface area (Å²) < 4.78 is 63.4. The van der Waals surface area contributed by atoms with Crippen LogP contribution in [0.4, 0.5) is 4.39 Å². The fraction of sp³-hybridized carbons (Fsp3) is 0.294. The Labute approximate surface area is 172 Å². The van der Waals surface area contributed by atoms with E-state index in [1.54, 1.807) is 6.07 Å². The van der Waals surface area contributed by atoms with Crippen molar-refractivity contribution in [2.24, 2.45) is 5.14 Å². The molecule has 1 aliphatic heterocycles. The van der Waals surface area contributed by atoms with Gasteiger partial charge in [-0.15, -0.1) is 0 Å². The number of nitrogens with two attached hydrogens (primary N) is 1. The lowest BCUT2D eigenvalue weighted by Gasteiger charge is -2.34. The predicted octanol–water partition coefficient (Wildman–Crippen LogP) is 1.74. The number of halogens is 2. The van der Waals surface area contributed by atoms with Gasteiger partial charge in [0.05, 0.1) is 9.79 Å². The lowest BCUT2D eigenvalue weighted by molar-refractivity contribution is 0.181. The van der Waals surface area contributed by atoms with Gasteiger partial charge in [-0.25, -0.2) is 26.4 Å². The summed E-state index contributed by atoms with van der Waals surface area (Å²) in [4.78, 5) is 1.98. The Morgan fingerprint density at radius 2 is 1.50 bits per heavy atom. The predicted molar refractivity (Wildman–Crippen MR) is 106 cm³/mol. The molecule has 1 aliphatic rings. The van der Waals surface area contributed by atoms with Crippen LogP contribution in [0, 0.1) is 5.82 Å². The Bertz CT molecular complexity index is 1070. The minimum atomic E-state index is -3.88. The van der Waals surface area contributed by atoms with Gasteiger partial charge in [-0.1, -0.05) is 22.0 Å². The van der Waals surface area contributed by atoms with Crippen molar-refractivity contribution in [3.8, 4) is 0 Å². The maximum absolute atomic E-state index is 13.2. The smallest absolute Gasteiger partial charge is 0.243 e. The molecule has 0 amide bonds. The van der Waals surface area contributed by atoms with Crippen molar-refractivity contribution in [2.45, 2.75) is 16.3 Å². The first kappa shape index (κ1) is 21.3. The molecule has 0 bridgehead atoms. The Morgan fingerprint density at radius 1 is 0.929 bits per heavy atom. The van der Waals surface area contributed by atoms with E-state index in [2.05, 4.69) is 20.8 Å². The van der Waals surface area contributed by atoms with Crippen molar-refractivity contribution >= 4 is 36.0 Å². The summed E-state index contributed by atoms with van der Waals surface area (Å²) in [7, 11) is -7.60. The van der Waals surface area contributed by atoms with Gasteiger partial charge in [0.15, 0.2) is 0 Å². The van der Waals surface area contributed by atoms with Crippen molar-refractivity contribution in [1.82, 2.24) is 9.21 Å². The number of rotatable bonds is 5. The van der Waals surface area contributed by atoms with E-state index in [4.69, 9.17) is 5.14 Å². The van der Waals surface area contributed by atoms with Gasteiger partial charge in [-0.2, -0.15) is 4.31 Å². The van der Waals surface area contributed by atoms with Crippen molar-refractivity contribution in [1.29, 1.82) is 0 Å². The Balaban J connectivity index is 1.66. The minimum absolute atomic E-state index is 0.0228. The largest absolute Gasteiger partial charge is 0.296 e. The second-order valence-electron chi connectivity index (χ2n) is 6.43. The fourth-order valence-corrected chi connectivity index (χ4v) is 5.38. The number of nitrogens with zero attached hydrogens (tertiary/aromatic N) is 2. The third-order valence-corrected chi connectivity index (χ3v) is 8.11. The van der Waals surface area contributed by atoms with Crippen molar-refractivity contribution in [3.63, 3.8) is 0 Å². The average molecular weight is 492 g/mol. The van der Waals surface area contributed by atoms with Gasteiger partial charge in [-0.3, -0.25) is 4.90 Å². The highest BCUT2D eigenvalue weighted by Crippen LogP contribution is 2.23. The van der Waals surface area contributed by atoms with Crippen LogP contribution in [0.2, 0.25) is 0 Å². The first-order chi connectivity index (χ1) is 13.1. The molecule has 7 nitrogen and oxygen atoms in total. The molecule has 1 heterocycles. The van der Waals surface area contributed by atoms with Gasteiger partial charge in [0.1, 0.15) is 5.82 Å². The lowest BCUT2D eigenvalue weighted by Crippen LogP contribution is -2.48. The molecule has 0 saturated carbocycles. The first-order valence-corrected chi connectivity index (χ1v) is 12.1. The van der Waals surface area contributed by atoms with E-state index in [0.29, 0.717) is 37.2 Å². The van der Waals surface area contributed by atoms with Crippen LogP contribution in [0.25, 0.3) is 0 Å². The molecule has 1 saturated heterocycles. The molecular weight excluding hydrogens is 473 g/mol. The monoisotopic (exact) mass is 491 g/mol. The maximum atomic E-state index is 13.2. The molecule has 2 aromatic rings. The van der Waals surface area contributed by atoms with Gasteiger partial charge in [-0.05, 0) is 42.0 Å². The van der Waals surface area contributed by atoms with E-state index in [-0.39, 0.29) is 15.6 Å². The van der Waals surface area contributed by atoms with Crippen molar-refractivity contribution in [3.05, 3.63) is 58.3 Å². The molecule has 152 valence electrons. The van der Waals surface area contributed by atoms with E-state index in [9.17, 15) is 21.2 Å². The number of piperazine rings is 1. The van der Waals surface area contributed by atoms with Gasteiger partial charge < -0.3 is 0 Å². The van der Waals surface area contributed by atoms with Gasteiger partial charge >= 0.3 is 0 Å². The third-order valence-electron chi connectivity index (χ3n) is 4.53. The van der Waals surface area contributed by atoms with Crippen molar-refractivity contribution in [2.75, 3.05) is 26.2 Å². The molecule has 3 rings (SSSR count). The number of primary sulfonamides is 1. The standard InChI is InChI=1S/C17H19BrFN3O4S2/c18-17-11-14(19)2-1-13(17)12-21-7-9-22(10-8-21)28(25,26)16-5-3-15(4-6-16)27(20,23)24/h1-6,11H,7-10,12H2,(H2,20,23,24). The molecule has 0 aliphatic carbocycles. The average Bonchev–Trinajstić information content (AvgIpc) is 2.64. The molecule has 2 N–H and O–H groups in total. The molecular formula is C17H19BrFN3O4S2. The zero-order valence-electron chi connectivity index (χ0n) is 14.8. The van der Waals surface area contributed by atoms with E-state index in [1.165, 1.54) is 40.7 Å². The molecule has 1 fully saturated rings. The summed E-state index contributed by atoms with van der Waals surface area (Å²) in [6.07, 6.45) is 0. The highest BCUT2D eigenvalue weighted by atomic mass is 79.9. The van der Waals surface area contributed by atoms with E-state index >= 15 is 0 Å². The number of benzene rings is 2. The van der Waals surface area contributed by atoms with Crippen LogP contribution in [0.3, 0.4) is 0 Å². The summed E-state index contributed by atoms with van der Waals surface area (Å²) >= 11 is 3.34. The second-order valence-corrected chi connectivity index (χ2v) is 10.8. The van der Waals surface area contributed by atoms with Crippen LogP contribution in [0.5, 0.6) is 0 Å². The molecule has 2 aromatic carbocycles. The Kier molecular flexibility index (Phi) is 6.23. The van der Waals surface area contributed by atoms with Gasteiger partial charge in [0.25, 0.3) is 0 Å². The summed E-state index contributed by atoms with van der Waals surface area (Å²) in [5.74, 6) is -0.319. The minimum Gasteiger partial charge on any atom is -0.296 e. The van der Waals surface area contributed by atoms with Crippen LogP contribution in [0.15, 0.2) is 56.7 Å². The molecule has 11 heteroatoms. The molecule has 28 heavy (non-hydrogen) atoms. The highest BCUT2D eigenvalue weighted by molar-refractivity contribution is 9.10. The Hall–Kier alpha value is -1.37. The second kappa shape index (κ2) is 8.17.